The van der Waals surface area contributed by atoms with Crippen molar-refractivity contribution in [1.82, 2.24) is 0 Å². The van der Waals surface area contributed by atoms with Crippen LogP contribution < -0.4 is 19.6 Å². The van der Waals surface area contributed by atoms with Crippen LogP contribution in [0.2, 0.25) is 0 Å². The van der Waals surface area contributed by atoms with Crippen molar-refractivity contribution >= 4 is 15.6 Å². The molecule has 0 aromatic carbocycles. The summed E-state index contributed by atoms with van der Waals surface area (Å²) < 4.78 is 21.2. The normalized spacial score (nSPS) is 11.3. The van der Waals surface area contributed by atoms with E-state index in [0.29, 0.717) is 0 Å². The summed E-state index contributed by atoms with van der Waals surface area (Å²) in [6, 6.07) is 0. The molecule has 11 heavy (non-hydrogen) atoms. The first-order chi connectivity index (χ1) is 3.71. The van der Waals surface area contributed by atoms with Gasteiger partial charge in [0, 0.05) is 0 Å². The van der Waals surface area contributed by atoms with Gasteiger partial charge in [-0.2, -0.15) is 0 Å². The minimum atomic E-state index is -5.68. The van der Waals surface area contributed by atoms with Crippen molar-refractivity contribution in [2.45, 2.75) is 0 Å². The zero-order valence-electron chi connectivity index (χ0n) is 5.17. The van der Waals surface area contributed by atoms with E-state index in [1.165, 1.54) is 0 Å². The van der Waals surface area contributed by atoms with E-state index in [0.717, 1.165) is 0 Å². The maximum absolute atomic E-state index is 9.32. The Morgan fingerprint density at radius 3 is 1.00 bits per heavy atom. The molecule has 0 aliphatic rings. The Labute approximate surface area is 87.5 Å². The third kappa shape index (κ3) is 18.5. The average Bonchev–Trinajstić information content (AvgIpc) is 1.14. The molecule has 0 bridgehead atoms. The topological polar surface area (TPSA) is 136 Å². The van der Waals surface area contributed by atoms with Gasteiger partial charge in [0.2, 0.25) is 0 Å². The van der Waals surface area contributed by atoms with Gasteiger partial charge in [-0.3, -0.25) is 0 Å². The molecule has 0 rings (SSSR count). The molecule has 56 valence electrons. The summed E-state index contributed by atoms with van der Waals surface area (Å²) in [5, 5.41) is 0. The third-order valence-corrected chi connectivity index (χ3v) is 1.80. The van der Waals surface area contributed by atoms with Crippen molar-refractivity contribution in [1.29, 1.82) is 0 Å². The fraction of sp³-hybridized carbons (Fsp3) is 0. The fourth-order valence-corrected chi connectivity index (χ4v) is 1.10. The quantitative estimate of drug-likeness (QED) is 0.384. The summed E-state index contributed by atoms with van der Waals surface area (Å²) in [5.41, 5.74) is 0. The van der Waals surface area contributed by atoms with E-state index in [9.17, 15) is 28.7 Å². The van der Waals surface area contributed by atoms with Crippen molar-refractivity contribution in [3.63, 3.8) is 0 Å². The standard InChI is InChI=1S/H4O7P2.2Zn/c1-8(2,3)7-9(4,5)6;;/h(H2,1,2,3)(H2,4,5,6);;/q;2*+2/p-4. The number of hydrogen-bond acceptors (Lipinski definition) is 7. The van der Waals surface area contributed by atoms with Gasteiger partial charge >= 0.3 is 39.0 Å². The molecule has 0 spiro atoms. The molecule has 11 heteroatoms. The van der Waals surface area contributed by atoms with Crippen molar-refractivity contribution in [3.05, 3.63) is 0 Å². The summed E-state index contributed by atoms with van der Waals surface area (Å²) in [7, 11) is -11.4. The largest absolute Gasteiger partial charge is 2.00 e. The predicted octanol–water partition coefficient (Wildman–Crippen LogP) is -3.34. The van der Waals surface area contributed by atoms with Crippen molar-refractivity contribution in [2.75, 3.05) is 0 Å². The van der Waals surface area contributed by atoms with Crippen LogP contribution in [0.3, 0.4) is 0 Å². The molecular weight excluding hydrogens is 305 g/mol. The van der Waals surface area contributed by atoms with Crippen LogP contribution in [0.5, 0.6) is 0 Å². The molecule has 0 amide bonds. The Bertz CT molecular complexity index is 155. The Kier molecular flexibility index (Phi) is 10.1. The Morgan fingerprint density at radius 2 is 1.00 bits per heavy atom. The first-order valence-corrected chi connectivity index (χ1v) is 4.38. The molecule has 0 aromatic heterocycles. The van der Waals surface area contributed by atoms with Crippen LogP contribution in [0.4, 0.5) is 0 Å². The first-order valence-electron chi connectivity index (χ1n) is 1.46. The van der Waals surface area contributed by atoms with Crippen LogP contribution >= 0.6 is 15.6 Å². The van der Waals surface area contributed by atoms with Crippen LogP contribution in [-0.2, 0) is 52.4 Å². The smallest absolute Gasteiger partial charge is 0.790 e. The minimum Gasteiger partial charge on any atom is -0.790 e. The van der Waals surface area contributed by atoms with E-state index in [2.05, 4.69) is 4.31 Å². The zero-order valence-corrected chi connectivity index (χ0v) is 12.9. The Hall–Kier alpha value is 1.51. The van der Waals surface area contributed by atoms with E-state index < -0.39 is 15.6 Å². The van der Waals surface area contributed by atoms with E-state index in [-0.39, 0.29) is 39.0 Å². The van der Waals surface area contributed by atoms with Crippen LogP contribution in [0.15, 0.2) is 0 Å². The zero-order chi connectivity index (χ0) is 7.71. The Morgan fingerprint density at radius 1 is 0.818 bits per heavy atom. The van der Waals surface area contributed by atoms with Gasteiger partial charge < -0.3 is 33.0 Å². The van der Waals surface area contributed by atoms with Gasteiger partial charge in [-0.25, -0.2) is 0 Å². The van der Waals surface area contributed by atoms with Crippen LogP contribution in [0, 0.1) is 0 Å². The molecule has 0 aromatic rings. The molecule has 0 radical (unpaired) electrons. The number of hydrogen-bond donors (Lipinski definition) is 0. The molecule has 0 unspecified atom stereocenters. The maximum Gasteiger partial charge on any atom is 2.00 e. The molecule has 7 nitrogen and oxygen atoms in total. The summed E-state index contributed by atoms with van der Waals surface area (Å²) in [4.78, 5) is 37.3. The van der Waals surface area contributed by atoms with Crippen molar-refractivity contribution in [2.24, 2.45) is 0 Å². The third-order valence-electron chi connectivity index (χ3n) is 0.200. The van der Waals surface area contributed by atoms with Crippen molar-refractivity contribution < 1.29 is 72.0 Å². The van der Waals surface area contributed by atoms with Gasteiger partial charge in [-0.1, -0.05) is 0 Å². The molecule has 0 atom stereocenters. The summed E-state index contributed by atoms with van der Waals surface area (Å²) in [5.74, 6) is 0. The van der Waals surface area contributed by atoms with Crippen LogP contribution in [-0.4, -0.2) is 0 Å². The van der Waals surface area contributed by atoms with E-state index >= 15 is 0 Å². The number of phosphoric acid groups is 2. The van der Waals surface area contributed by atoms with Gasteiger partial charge in [0.1, 0.15) is 0 Å². The van der Waals surface area contributed by atoms with E-state index in [4.69, 9.17) is 0 Å². The summed E-state index contributed by atoms with van der Waals surface area (Å²) in [6.45, 7) is 0. The first kappa shape index (κ1) is 18.3. The second kappa shape index (κ2) is 6.04. The maximum atomic E-state index is 9.32. The molecule has 0 fully saturated rings. The molecule has 0 saturated carbocycles. The molecule has 0 saturated heterocycles. The van der Waals surface area contributed by atoms with Gasteiger partial charge in [0.25, 0.3) is 0 Å². The van der Waals surface area contributed by atoms with Gasteiger partial charge in [-0.15, -0.1) is 0 Å². The second-order valence-electron chi connectivity index (χ2n) is 0.976. The molecule has 0 aliphatic heterocycles. The summed E-state index contributed by atoms with van der Waals surface area (Å²) >= 11 is 0. The monoisotopic (exact) mass is 302 g/mol. The minimum absolute atomic E-state index is 0. The second-order valence-corrected chi connectivity index (χ2v) is 3.42. The molecule has 0 heterocycles. The van der Waals surface area contributed by atoms with Gasteiger partial charge in [0.05, 0.1) is 15.6 Å². The van der Waals surface area contributed by atoms with E-state index in [1.807, 2.05) is 0 Å². The number of rotatable bonds is 2. The molecule has 0 aliphatic carbocycles. The molecule has 0 N–H and O–H groups in total. The van der Waals surface area contributed by atoms with E-state index in [1.54, 1.807) is 0 Å². The fourth-order valence-electron chi connectivity index (χ4n) is 0.122. The van der Waals surface area contributed by atoms with Crippen molar-refractivity contribution in [3.8, 4) is 0 Å². The van der Waals surface area contributed by atoms with Gasteiger partial charge in [-0.05, 0) is 0 Å². The molecular formula is O7P2Zn2. The van der Waals surface area contributed by atoms with Gasteiger partial charge in [0.15, 0.2) is 0 Å². The van der Waals surface area contributed by atoms with Crippen LogP contribution in [0.25, 0.3) is 0 Å². The SMILES string of the molecule is O=P([O-])([O-])OP(=O)([O-])[O-].[Zn+2].[Zn+2]. The average molecular weight is 305 g/mol. The Balaban J connectivity index is -0.000000320. The van der Waals surface area contributed by atoms with Crippen LogP contribution in [0.1, 0.15) is 0 Å². The summed E-state index contributed by atoms with van der Waals surface area (Å²) in [6.07, 6.45) is 0. The predicted molar refractivity (Wildman–Crippen MR) is 16.3 cm³/mol.